The highest BCUT2D eigenvalue weighted by Crippen LogP contribution is 2.38. The Kier molecular flexibility index (Phi) is 7.84. The van der Waals surface area contributed by atoms with Gasteiger partial charge in [-0.15, -0.1) is 16.4 Å². The summed E-state index contributed by atoms with van der Waals surface area (Å²) in [6.45, 7) is 1.64. The lowest BCUT2D eigenvalue weighted by Crippen LogP contribution is -2.39. The van der Waals surface area contributed by atoms with E-state index in [4.69, 9.17) is 9.47 Å². The molecule has 0 radical (unpaired) electrons. The summed E-state index contributed by atoms with van der Waals surface area (Å²) in [5.74, 6) is -0.585. The molecule has 0 aliphatic carbocycles. The van der Waals surface area contributed by atoms with E-state index in [1.54, 1.807) is 29.7 Å². The summed E-state index contributed by atoms with van der Waals surface area (Å²) in [4.78, 5) is 62.2. The number of likely N-dealkylation sites (tertiary alicyclic amines) is 1. The number of hydrogen-bond acceptors (Lipinski definition) is 9. The van der Waals surface area contributed by atoms with Gasteiger partial charge in [-0.25, -0.2) is 14.5 Å². The Labute approximate surface area is 250 Å². The smallest absolute Gasteiger partial charge is 0.343 e. The average Bonchev–Trinajstić information content (AvgIpc) is 3.75. The van der Waals surface area contributed by atoms with Crippen molar-refractivity contribution >= 4 is 39.3 Å². The second-order valence-corrected chi connectivity index (χ2v) is 11.4. The molecule has 4 heterocycles. The lowest BCUT2D eigenvalue weighted by atomic mass is 9.88. The number of rotatable bonds is 3. The van der Waals surface area contributed by atoms with Crippen LogP contribution in [0.3, 0.4) is 0 Å². The normalized spacial score (nSPS) is 19.3. The lowest BCUT2D eigenvalue weighted by Gasteiger charge is -2.24. The molecule has 4 aromatic rings. The van der Waals surface area contributed by atoms with Gasteiger partial charge in [-0.3, -0.25) is 19.4 Å². The molecule has 0 saturated carbocycles. The first-order valence-electron chi connectivity index (χ1n) is 14.0. The number of methoxy groups -OCH3 is 1. The van der Waals surface area contributed by atoms with Crippen LogP contribution in [0, 0.1) is 5.92 Å². The maximum Gasteiger partial charge on any atom is 0.343 e. The number of nitrogens with zero attached hydrogens (tertiary/aromatic N) is 5. The van der Waals surface area contributed by atoms with Gasteiger partial charge in [0.05, 0.1) is 35.3 Å². The molecule has 224 valence electrons. The van der Waals surface area contributed by atoms with Crippen LogP contribution in [-0.2, 0) is 11.8 Å². The van der Waals surface area contributed by atoms with Crippen LogP contribution in [0.25, 0.3) is 10.2 Å². The van der Waals surface area contributed by atoms with E-state index in [2.05, 4.69) is 20.4 Å². The van der Waals surface area contributed by atoms with Crippen molar-refractivity contribution in [3.63, 3.8) is 0 Å². The Bertz CT molecular complexity index is 1750. The zero-order valence-electron chi connectivity index (χ0n) is 23.7. The minimum Gasteiger partial charge on any atom is -0.493 e. The number of thiazole rings is 1. The molecule has 2 aromatic carbocycles. The van der Waals surface area contributed by atoms with Crippen molar-refractivity contribution < 1.29 is 23.9 Å². The number of aromatic amines is 1. The van der Waals surface area contributed by atoms with E-state index in [0.29, 0.717) is 43.1 Å². The molecule has 2 aliphatic rings. The van der Waals surface area contributed by atoms with Crippen molar-refractivity contribution in [2.75, 3.05) is 46.4 Å². The first-order chi connectivity index (χ1) is 20.8. The van der Waals surface area contributed by atoms with Gasteiger partial charge in [0.25, 0.3) is 11.8 Å². The van der Waals surface area contributed by atoms with Gasteiger partial charge in [-0.1, -0.05) is 6.07 Å². The topological polar surface area (TPSA) is 152 Å². The zero-order valence-corrected chi connectivity index (χ0v) is 24.6. The summed E-state index contributed by atoms with van der Waals surface area (Å²) < 4.78 is 13.6. The summed E-state index contributed by atoms with van der Waals surface area (Å²) in [7, 11) is 3.00. The van der Waals surface area contributed by atoms with Crippen LogP contribution in [0.4, 0.5) is 0 Å². The van der Waals surface area contributed by atoms with Crippen molar-refractivity contribution in [3.05, 3.63) is 69.3 Å². The molecule has 2 atom stereocenters. The fraction of sp³-hybridized carbons (Fsp3) is 0.379. The number of ether oxygens (including phenoxy) is 2. The lowest BCUT2D eigenvalue weighted by molar-refractivity contribution is -0.124. The van der Waals surface area contributed by atoms with Gasteiger partial charge in [-0.05, 0) is 42.3 Å². The van der Waals surface area contributed by atoms with E-state index < -0.39 is 17.5 Å². The maximum absolute atomic E-state index is 13.6. The average molecular weight is 606 g/mol. The van der Waals surface area contributed by atoms with Gasteiger partial charge < -0.3 is 24.6 Å². The van der Waals surface area contributed by atoms with E-state index in [9.17, 15) is 19.2 Å². The van der Waals surface area contributed by atoms with Crippen molar-refractivity contribution in [1.82, 2.24) is 34.9 Å². The van der Waals surface area contributed by atoms with Gasteiger partial charge >= 0.3 is 5.69 Å². The van der Waals surface area contributed by atoms with E-state index in [-0.39, 0.29) is 43.3 Å². The Morgan fingerprint density at radius 1 is 1.05 bits per heavy atom. The molecule has 13 nitrogen and oxygen atoms in total. The number of hydrogen-bond donors (Lipinski definition) is 2. The number of nitrogens with one attached hydrogen (secondary N) is 2. The number of aryl methyl sites for hydroxylation is 1. The fourth-order valence-electron chi connectivity index (χ4n) is 5.62. The fourth-order valence-corrected chi connectivity index (χ4v) is 6.34. The summed E-state index contributed by atoms with van der Waals surface area (Å²) in [6.07, 6.45) is 0.470. The Balaban J connectivity index is 1.26. The molecule has 2 bridgehead atoms. The quantitative estimate of drug-likeness (QED) is 0.358. The van der Waals surface area contributed by atoms with Crippen LogP contribution >= 0.6 is 11.3 Å². The molecule has 2 N–H and O–H groups in total. The minimum absolute atomic E-state index is 0.0646. The summed E-state index contributed by atoms with van der Waals surface area (Å²) in [5.41, 5.74) is 3.51. The van der Waals surface area contributed by atoms with Crippen LogP contribution in [0.5, 0.6) is 11.5 Å². The molecule has 2 aromatic heterocycles. The molecule has 43 heavy (non-hydrogen) atoms. The third-order valence-corrected chi connectivity index (χ3v) is 8.71. The van der Waals surface area contributed by atoms with Crippen molar-refractivity contribution in [1.29, 1.82) is 0 Å². The number of aromatic nitrogens is 4. The molecular formula is C29H31N7O6S. The number of carbonyl (C=O) groups excluding carboxylic acids is 3. The summed E-state index contributed by atoms with van der Waals surface area (Å²) >= 11 is 1.48. The van der Waals surface area contributed by atoms with Crippen molar-refractivity contribution in [2.45, 2.75) is 12.3 Å². The molecular weight excluding hydrogens is 574 g/mol. The molecule has 6 rings (SSSR count). The SMILES string of the molecule is COc1ccc2cc1OCCN(C(=O)c1nn(C)c(=O)[nH]1)CCCNC(=O)[C@H]1CN(C(=O)c3ccc4ncsc4c3)C[C@H]21. The van der Waals surface area contributed by atoms with Crippen LogP contribution in [-0.4, -0.2) is 93.7 Å². The molecule has 0 unspecified atom stereocenters. The van der Waals surface area contributed by atoms with E-state index in [0.717, 1.165) is 20.5 Å². The summed E-state index contributed by atoms with van der Waals surface area (Å²) in [6, 6.07) is 11.0. The van der Waals surface area contributed by atoms with Gasteiger partial charge in [0, 0.05) is 44.7 Å². The second-order valence-electron chi connectivity index (χ2n) is 10.6. The third-order valence-electron chi connectivity index (χ3n) is 7.92. The first-order valence-corrected chi connectivity index (χ1v) is 14.8. The highest BCUT2D eigenvalue weighted by molar-refractivity contribution is 7.16. The van der Waals surface area contributed by atoms with Gasteiger partial charge in [-0.2, -0.15) is 0 Å². The number of benzene rings is 2. The van der Waals surface area contributed by atoms with Gasteiger partial charge in [0.15, 0.2) is 11.5 Å². The van der Waals surface area contributed by atoms with E-state index in [1.807, 2.05) is 24.3 Å². The number of fused-ring (bicyclic) bond motifs is 5. The van der Waals surface area contributed by atoms with Crippen LogP contribution in [0.15, 0.2) is 46.7 Å². The van der Waals surface area contributed by atoms with E-state index in [1.165, 1.54) is 23.3 Å². The second kappa shape index (κ2) is 11.9. The highest BCUT2D eigenvalue weighted by Gasteiger charge is 2.41. The number of amides is 3. The number of H-pyrrole nitrogens is 1. The number of carbonyl (C=O) groups is 3. The minimum atomic E-state index is -0.489. The maximum atomic E-state index is 13.6. The molecule has 2 aliphatic heterocycles. The van der Waals surface area contributed by atoms with Crippen molar-refractivity contribution in [2.24, 2.45) is 13.0 Å². The Morgan fingerprint density at radius 3 is 2.67 bits per heavy atom. The zero-order chi connectivity index (χ0) is 30.1. The third kappa shape index (κ3) is 5.69. The standard InChI is InChI=1S/C29H31N7O6S/c1-34-29(40)32-25(33-34)28(39)35-9-3-8-30-26(37)20-15-36(27(38)18-4-6-21-24(13-18)43-16-31-21)14-19(20)17-5-7-22(41-2)23(12-17)42-11-10-35/h4-7,12-13,16,19-20H,3,8-11,14-15H2,1-2H3,(H,30,37)(H,32,33,40)/t19-,20+/m1/s1. The van der Waals surface area contributed by atoms with Crippen LogP contribution < -0.4 is 20.5 Å². The first kappa shape index (κ1) is 28.4. The van der Waals surface area contributed by atoms with Gasteiger partial charge in [0.1, 0.15) is 6.61 Å². The molecule has 3 amide bonds. The monoisotopic (exact) mass is 605 g/mol. The Hall–Kier alpha value is -4.72. The van der Waals surface area contributed by atoms with Crippen LogP contribution in [0.2, 0.25) is 0 Å². The molecule has 1 fully saturated rings. The predicted octanol–water partition coefficient (Wildman–Crippen LogP) is 1.62. The predicted molar refractivity (Wildman–Crippen MR) is 158 cm³/mol. The largest absolute Gasteiger partial charge is 0.493 e. The van der Waals surface area contributed by atoms with Gasteiger partial charge in [0.2, 0.25) is 11.7 Å². The molecule has 1 saturated heterocycles. The summed E-state index contributed by atoms with van der Waals surface area (Å²) in [5, 5.41) is 7.00. The van der Waals surface area contributed by atoms with Crippen molar-refractivity contribution in [3.8, 4) is 11.5 Å². The Morgan fingerprint density at radius 2 is 1.88 bits per heavy atom. The molecule has 0 spiro atoms. The van der Waals surface area contributed by atoms with E-state index >= 15 is 0 Å². The molecule has 14 heteroatoms. The highest BCUT2D eigenvalue weighted by atomic mass is 32.1. The van der Waals surface area contributed by atoms with Crippen LogP contribution in [0.1, 0.15) is 38.9 Å².